The number of hydrogen-bond acceptors (Lipinski definition) is 3. The molecule has 0 aliphatic rings. The second kappa shape index (κ2) is 14.2. The van der Waals surface area contributed by atoms with Crippen LogP contribution in [0, 0.1) is 0 Å². The van der Waals surface area contributed by atoms with Gasteiger partial charge in [0.05, 0.1) is 33.5 Å². The van der Waals surface area contributed by atoms with Gasteiger partial charge in [-0.15, -0.1) is 11.3 Å². The molecule has 0 atom stereocenters. The lowest BCUT2D eigenvalue weighted by molar-refractivity contribution is 1.13. The molecule has 5 heteroatoms. The van der Waals surface area contributed by atoms with Crippen molar-refractivity contribution in [2.75, 3.05) is 0 Å². The van der Waals surface area contributed by atoms with Gasteiger partial charge in [-0.3, -0.25) is 0 Å². The SMILES string of the molecule is c1ccc(-c2cc(-c3ccccc3)nc(-c3cc(-c4cc(-n5c6ccccc6c6ccccc65)cc(-n5c6ccccc6c6ccccc65)c4)cc4c3sc3ccccc34)n2)cc1. The Kier molecular flexibility index (Phi) is 8.05. The van der Waals surface area contributed by atoms with E-state index < -0.39 is 0 Å². The zero-order valence-electron chi connectivity index (χ0n) is 34.0. The van der Waals surface area contributed by atoms with Crippen LogP contribution < -0.4 is 0 Å². The van der Waals surface area contributed by atoms with Gasteiger partial charge in [-0.1, -0.05) is 152 Å². The Morgan fingerprint density at radius 1 is 0.317 bits per heavy atom. The van der Waals surface area contributed by atoms with Crippen LogP contribution in [-0.4, -0.2) is 19.1 Å². The minimum absolute atomic E-state index is 0.704. The van der Waals surface area contributed by atoms with Crippen LogP contribution in [0.4, 0.5) is 0 Å². The topological polar surface area (TPSA) is 35.6 Å². The van der Waals surface area contributed by atoms with Crippen LogP contribution in [0.3, 0.4) is 0 Å². The monoisotopic (exact) mass is 820 g/mol. The molecule has 4 aromatic heterocycles. The zero-order valence-corrected chi connectivity index (χ0v) is 34.8. The number of nitrogens with zero attached hydrogens (tertiary/aromatic N) is 4. The predicted octanol–water partition coefficient (Wildman–Crippen LogP) is 15.7. The van der Waals surface area contributed by atoms with Gasteiger partial charge >= 0.3 is 0 Å². The highest BCUT2D eigenvalue weighted by atomic mass is 32.1. The van der Waals surface area contributed by atoms with E-state index in [1.54, 1.807) is 0 Å². The van der Waals surface area contributed by atoms with E-state index in [1.165, 1.54) is 63.8 Å². The van der Waals surface area contributed by atoms with Crippen LogP contribution in [-0.2, 0) is 0 Å². The number of fused-ring (bicyclic) bond motifs is 9. The predicted molar refractivity (Wildman–Crippen MR) is 265 cm³/mol. The molecule has 4 heterocycles. The third kappa shape index (κ3) is 5.74. The summed E-state index contributed by atoms with van der Waals surface area (Å²) in [7, 11) is 0. The summed E-state index contributed by atoms with van der Waals surface area (Å²) in [5.74, 6) is 0.704. The Morgan fingerprint density at radius 3 is 1.22 bits per heavy atom. The highest BCUT2D eigenvalue weighted by Crippen LogP contribution is 2.44. The van der Waals surface area contributed by atoms with Gasteiger partial charge in [0.15, 0.2) is 5.82 Å². The Balaban J connectivity index is 1.13. The quantitative estimate of drug-likeness (QED) is 0.167. The fraction of sp³-hybridized carbons (Fsp3) is 0. The first-order valence-electron chi connectivity index (χ1n) is 21.3. The molecule has 0 radical (unpaired) electrons. The third-order valence-electron chi connectivity index (χ3n) is 12.5. The zero-order chi connectivity index (χ0) is 41.4. The van der Waals surface area contributed by atoms with E-state index in [2.05, 4.69) is 228 Å². The van der Waals surface area contributed by atoms with Gasteiger partial charge in [-0.2, -0.15) is 0 Å². The molecule has 13 aromatic rings. The standard InChI is InChI=1S/C58H36N4S/c1-3-17-37(18-4-1)50-36-51(38-19-5-2-6-20-38)60-58(59-50)49-34-40(33-48-47-25-11-16-30-56(47)63-57(48)49)39-31-41(61-52-26-12-7-21-43(52)44-22-8-13-27-53(44)61)35-42(32-39)62-54-28-14-9-23-45(54)46-24-10-15-29-55(46)62/h1-36H. The highest BCUT2D eigenvalue weighted by Gasteiger charge is 2.21. The molecule has 13 rings (SSSR count). The van der Waals surface area contributed by atoms with Crippen molar-refractivity contribution in [1.82, 2.24) is 19.1 Å². The van der Waals surface area contributed by atoms with E-state index in [4.69, 9.17) is 9.97 Å². The van der Waals surface area contributed by atoms with Crippen molar-refractivity contribution in [2.24, 2.45) is 0 Å². The number of benzene rings is 9. The number of thiophene rings is 1. The molecule has 9 aromatic carbocycles. The van der Waals surface area contributed by atoms with Crippen molar-refractivity contribution < 1.29 is 0 Å². The fourth-order valence-electron chi connectivity index (χ4n) is 9.66. The normalized spacial score (nSPS) is 11.8. The molecule has 0 spiro atoms. The van der Waals surface area contributed by atoms with Crippen molar-refractivity contribution in [2.45, 2.75) is 0 Å². The van der Waals surface area contributed by atoms with Gasteiger partial charge in [0.25, 0.3) is 0 Å². The van der Waals surface area contributed by atoms with Crippen molar-refractivity contribution in [3.05, 3.63) is 218 Å². The average molecular weight is 821 g/mol. The van der Waals surface area contributed by atoms with Crippen molar-refractivity contribution in [3.8, 4) is 56.4 Å². The van der Waals surface area contributed by atoms with E-state index >= 15 is 0 Å². The average Bonchev–Trinajstić information content (AvgIpc) is 4.02. The summed E-state index contributed by atoms with van der Waals surface area (Å²) in [6.07, 6.45) is 0. The van der Waals surface area contributed by atoms with E-state index in [0.29, 0.717) is 5.82 Å². The largest absolute Gasteiger partial charge is 0.309 e. The Hall–Kier alpha value is -8.12. The second-order valence-corrected chi connectivity index (χ2v) is 17.2. The van der Waals surface area contributed by atoms with Crippen molar-refractivity contribution in [3.63, 3.8) is 0 Å². The molecule has 0 saturated carbocycles. The van der Waals surface area contributed by atoms with Crippen molar-refractivity contribution >= 4 is 75.1 Å². The molecule has 0 unspecified atom stereocenters. The first kappa shape index (κ1) is 35.6. The van der Waals surface area contributed by atoms with E-state index in [9.17, 15) is 0 Å². The first-order valence-corrected chi connectivity index (χ1v) is 22.1. The Bertz CT molecular complexity index is 3620. The van der Waals surface area contributed by atoms with Gasteiger partial charge in [0.2, 0.25) is 0 Å². The molecule has 0 aliphatic carbocycles. The summed E-state index contributed by atoms with van der Waals surface area (Å²) in [6, 6.07) is 78.6. The smallest absolute Gasteiger partial charge is 0.161 e. The first-order chi connectivity index (χ1) is 31.2. The molecule has 4 nitrogen and oxygen atoms in total. The summed E-state index contributed by atoms with van der Waals surface area (Å²) < 4.78 is 7.27. The van der Waals surface area contributed by atoms with E-state index in [0.717, 1.165) is 50.6 Å². The second-order valence-electron chi connectivity index (χ2n) is 16.2. The lowest BCUT2D eigenvalue weighted by Crippen LogP contribution is -2.00. The number of aromatic nitrogens is 4. The molecule has 0 aliphatic heterocycles. The van der Waals surface area contributed by atoms with Gasteiger partial charge in [-0.25, -0.2) is 9.97 Å². The van der Waals surface area contributed by atoms with Crippen LogP contribution in [0.15, 0.2) is 218 Å². The summed E-state index contributed by atoms with van der Waals surface area (Å²) in [5, 5.41) is 7.35. The molecule has 294 valence electrons. The maximum atomic E-state index is 5.39. The van der Waals surface area contributed by atoms with Gasteiger partial charge in [0.1, 0.15) is 0 Å². The van der Waals surface area contributed by atoms with Crippen LogP contribution in [0.1, 0.15) is 0 Å². The van der Waals surface area contributed by atoms with Crippen LogP contribution in [0.2, 0.25) is 0 Å². The third-order valence-corrected chi connectivity index (χ3v) is 13.7. The number of para-hydroxylation sites is 4. The summed E-state index contributed by atoms with van der Waals surface area (Å²) in [5.41, 5.74) is 14.0. The van der Waals surface area contributed by atoms with Crippen molar-refractivity contribution in [1.29, 1.82) is 0 Å². The minimum atomic E-state index is 0.704. The molecule has 0 bridgehead atoms. The Morgan fingerprint density at radius 2 is 0.730 bits per heavy atom. The van der Waals surface area contributed by atoms with E-state index in [1.807, 2.05) is 11.3 Å². The molecule has 0 saturated heterocycles. The van der Waals surface area contributed by atoms with Gasteiger partial charge in [-0.05, 0) is 77.9 Å². The highest BCUT2D eigenvalue weighted by molar-refractivity contribution is 7.26. The fourth-order valence-corrected chi connectivity index (χ4v) is 10.9. The minimum Gasteiger partial charge on any atom is -0.309 e. The number of rotatable bonds is 6. The lowest BCUT2D eigenvalue weighted by Gasteiger charge is -2.17. The van der Waals surface area contributed by atoms with Crippen LogP contribution in [0.5, 0.6) is 0 Å². The Labute approximate surface area is 367 Å². The molecule has 0 amide bonds. The van der Waals surface area contributed by atoms with E-state index in [-0.39, 0.29) is 0 Å². The summed E-state index contributed by atoms with van der Waals surface area (Å²) in [6.45, 7) is 0. The maximum absolute atomic E-state index is 5.39. The van der Waals surface area contributed by atoms with Crippen LogP contribution in [0.25, 0.3) is 120 Å². The lowest BCUT2D eigenvalue weighted by atomic mass is 9.97. The summed E-state index contributed by atoms with van der Waals surface area (Å²) in [4.78, 5) is 10.8. The molecule has 0 N–H and O–H groups in total. The summed E-state index contributed by atoms with van der Waals surface area (Å²) >= 11 is 1.81. The molecular formula is C58H36N4S. The van der Waals surface area contributed by atoms with Gasteiger partial charge in [0, 0.05) is 69.8 Å². The van der Waals surface area contributed by atoms with Crippen LogP contribution >= 0.6 is 11.3 Å². The number of hydrogen-bond donors (Lipinski definition) is 0. The molecule has 63 heavy (non-hydrogen) atoms. The van der Waals surface area contributed by atoms with Gasteiger partial charge < -0.3 is 9.13 Å². The molecule has 0 fully saturated rings. The maximum Gasteiger partial charge on any atom is 0.161 e. The molecular weight excluding hydrogens is 785 g/mol.